The molecule has 0 bridgehead atoms. The SMILES string of the molecule is NC(=O)CSCCC(=O)N1CCS(=O)(=O)CC1CC(=O)O. The lowest BCUT2D eigenvalue weighted by Gasteiger charge is -2.34. The molecule has 1 unspecified atom stereocenters. The van der Waals surface area contributed by atoms with Crippen LogP contribution in [0.25, 0.3) is 0 Å². The van der Waals surface area contributed by atoms with Crippen LogP contribution in [0.4, 0.5) is 0 Å². The minimum absolute atomic E-state index is 0.0135. The number of carboxylic acids is 1. The molecular weight excluding hydrogens is 320 g/mol. The summed E-state index contributed by atoms with van der Waals surface area (Å²) in [5.74, 6) is -1.89. The summed E-state index contributed by atoms with van der Waals surface area (Å²) in [6, 6.07) is -0.824. The van der Waals surface area contributed by atoms with Crippen molar-refractivity contribution in [2.75, 3.05) is 29.6 Å². The number of sulfone groups is 1. The molecule has 0 aromatic carbocycles. The van der Waals surface area contributed by atoms with Crippen LogP contribution in [-0.4, -0.2) is 71.8 Å². The highest BCUT2D eigenvalue weighted by Gasteiger charge is 2.34. The number of thioether (sulfide) groups is 1. The Morgan fingerprint density at radius 2 is 2.00 bits per heavy atom. The van der Waals surface area contributed by atoms with Crippen LogP contribution < -0.4 is 5.73 Å². The first-order valence-electron chi connectivity index (χ1n) is 6.29. The molecule has 120 valence electrons. The highest BCUT2D eigenvalue weighted by Crippen LogP contribution is 2.17. The first-order valence-corrected chi connectivity index (χ1v) is 9.26. The maximum atomic E-state index is 12.1. The van der Waals surface area contributed by atoms with Crippen LogP contribution in [0.2, 0.25) is 0 Å². The summed E-state index contributed by atoms with van der Waals surface area (Å²) in [7, 11) is -3.30. The van der Waals surface area contributed by atoms with Gasteiger partial charge in [-0.25, -0.2) is 8.42 Å². The normalized spacial score (nSPS) is 21.0. The largest absolute Gasteiger partial charge is 0.481 e. The zero-order chi connectivity index (χ0) is 16.0. The molecule has 0 aromatic rings. The number of primary amides is 1. The van der Waals surface area contributed by atoms with E-state index in [0.717, 1.165) is 0 Å². The molecule has 0 radical (unpaired) electrons. The molecule has 8 nitrogen and oxygen atoms in total. The molecule has 1 rings (SSSR count). The number of carbonyl (C=O) groups excluding carboxylic acids is 2. The van der Waals surface area contributed by atoms with Crippen molar-refractivity contribution >= 4 is 39.4 Å². The van der Waals surface area contributed by atoms with E-state index >= 15 is 0 Å². The van der Waals surface area contributed by atoms with E-state index in [9.17, 15) is 22.8 Å². The van der Waals surface area contributed by atoms with Crippen molar-refractivity contribution in [3.8, 4) is 0 Å². The summed E-state index contributed by atoms with van der Waals surface area (Å²) in [5.41, 5.74) is 4.97. The molecule has 0 aliphatic carbocycles. The van der Waals surface area contributed by atoms with E-state index in [1.807, 2.05) is 0 Å². The summed E-state index contributed by atoms with van der Waals surface area (Å²) >= 11 is 1.21. The quantitative estimate of drug-likeness (QED) is 0.550. The highest BCUT2D eigenvalue weighted by atomic mass is 32.2. The Labute approximate surface area is 127 Å². The fraction of sp³-hybridized carbons (Fsp3) is 0.727. The summed E-state index contributed by atoms with van der Waals surface area (Å²) in [6.07, 6.45) is -0.270. The topological polar surface area (TPSA) is 135 Å². The van der Waals surface area contributed by atoms with Gasteiger partial charge in [0, 0.05) is 18.7 Å². The lowest BCUT2D eigenvalue weighted by molar-refractivity contribution is -0.140. The Morgan fingerprint density at radius 1 is 1.33 bits per heavy atom. The van der Waals surface area contributed by atoms with Gasteiger partial charge in [-0.2, -0.15) is 11.8 Å². The van der Waals surface area contributed by atoms with Gasteiger partial charge >= 0.3 is 5.97 Å². The summed E-state index contributed by atoms with van der Waals surface area (Å²) < 4.78 is 23.1. The third-order valence-corrected chi connectivity index (χ3v) is 5.64. The maximum absolute atomic E-state index is 12.1. The summed E-state index contributed by atoms with van der Waals surface area (Å²) in [4.78, 5) is 34.7. The molecule has 1 aliphatic rings. The van der Waals surface area contributed by atoms with Gasteiger partial charge < -0.3 is 15.7 Å². The van der Waals surface area contributed by atoms with E-state index in [2.05, 4.69) is 0 Å². The Morgan fingerprint density at radius 3 is 2.57 bits per heavy atom. The van der Waals surface area contributed by atoms with Crippen molar-refractivity contribution in [3.05, 3.63) is 0 Å². The molecule has 0 spiro atoms. The van der Waals surface area contributed by atoms with Gasteiger partial charge in [-0.1, -0.05) is 0 Å². The van der Waals surface area contributed by atoms with Gasteiger partial charge in [-0.15, -0.1) is 0 Å². The van der Waals surface area contributed by atoms with Gasteiger partial charge in [-0.3, -0.25) is 14.4 Å². The highest BCUT2D eigenvalue weighted by molar-refractivity contribution is 7.99. The van der Waals surface area contributed by atoms with Crippen LogP contribution in [0.5, 0.6) is 0 Å². The molecule has 1 aliphatic heterocycles. The van der Waals surface area contributed by atoms with Crippen molar-refractivity contribution in [3.63, 3.8) is 0 Å². The zero-order valence-corrected chi connectivity index (χ0v) is 13.0. The number of carboxylic acid groups (broad SMARTS) is 1. The molecule has 1 heterocycles. The smallest absolute Gasteiger partial charge is 0.305 e. The van der Waals surface area contributed by atoms with Crippen molar-refractivity contribution in [2.24, 2.45) is 5.73 Å². The predicted molar refractivity (Wildman–Crippen MR) is 77.5 cm³/mol. The van der Waals surface area contributed by atoms with E-state index in [-0.39, 0.29) is 42.6 Å². The lowest BCUT2D eigenvalue weighted by Crippen LogP contribution is -2.52. The molecule has 1 atom stereocenters. The Bertz CT molecular complexity index is 519. The third kappa shape index (κ3) is 6.34. The van der Waals surface area contributed by atoms with Crippen LogP contribution in [0.15, 0.2) is 0 Å². The minimum atomic E-state index is -3.30. The number of aliphatic carboxylic acids is 1. The first kappa shape index (κ1) is 17.8. The minimum Gasteiger partial charge on any atom is -0.481 e. The van der Waals surface area contributed by atoms with Crippen LogP contribution >= 0.6 is 11.8 Å². The molecule has 0 saturated carbocycles. The Hall–Kier alpha value is -1.29. The van der Waals surface area contributed by atoms with Crippen LogP contribution in [-0.2, 0) is 24.2 Å². The Balaban J connectivity index is 2.58. The second-order valence-corrected chi connectivity index (χ2v) is 8.06. The van der Waals surface area contributed by atoms with Crippen molar-refractivity contribution < 1.29 is 27.9 Å². The van der Waals surface area contributed by atoms with Crippen molar-refractivity contribution in [1.29, 1.82) is 0 Å². The molecular formula is C11H18N2O6S2. The van der Waals surface area contributed by atoms with Gasteiger partial charge in [0.2, 0.25) is 11.8 Å². The molecule has 21 heavy (non-hydrogen) atoms. The van der Waals surface area contributed by atoms with Gasteiger partial charge in [0.25, 0.3) is 0 Å². The van der Waals surface area contributed by atoms with Crippen LogP contribution in [0.1, 0.15) is 12.8 Å². The summed E-state index contributed by atoms with van der Waals surface area (Å²) in [5, 5.41) is 8.82. The number of nitrogens with zero attached hydrogens (tertiary/aromatic N) is 1. The molecule has 1 saturated heterocycles. The lowest BCUT2D eigenvalue weighted by atomic mass is 10.2. The average molecular weight is 338 g/mol. The first-order chi connectivity index (χ1) is 9.71. The number of hydrogen-bond acceptors (Lipinski definition) is 6. The average Bonchev–Trinajstić information content (AvgIpc) is 2.32. The zero-order valence-electron chi connectivity index (χ0n) is 11.4. The summed E-state index contributed by atoms with van der Waals surface area (Å²) in [6.45, 7) is 0.0135. The van der Waals surface area contributed by atoms with Gasteiger partial charge in [-0.05, 0) is 0 Å². The standard InChI is InChI=1S/C11H18N2O6S2/c12-9(14)6-20-3-1-10(15)13-2-4-21(18,19)7-8(13)5-11(16)17/h8H,1-7H2,(H2,12,14)(H,16,17). The number of hydrogen-bond donors (Lipinski definition) is 2. The van der Waals surface area contributed by atoms with E-state index in [0.29, 0.717) is 5.75 Å². The second-order valence-electron chi connectivity index (χ2n) is 4.72. The fourth-order valence-corrected chi connectivity index (χ4v) is 4.25. The van der Waals surface area contributed by atoms with Gasteiger partial charge in [0.1, 0.15) is 0 Å². The number of nitrogens with two attached hydrogens (primary N) is 1. The van der Waals surface area contributed by atoms with Crippen molar-refractivity contribution in [1.82, 2.24) is 4.90 Å². The van der Waals surface area contributed by atoms with Gasteiger partial charge in [0.15, 0.2) is 9.84 Å². The molecule has 1 fully saturated rings. The maximum Gasteiger partial charge on any atom is 0.305 e. The number of rotatable bonds is 7. The second kappa shape index (κ2) is 7.64. The number of amides is 2. The van der Waals surface area contributed by atoms with E-state index in [1.54, 1.807) is 0 Å². The van der Waals surface area contributed by atoms with Crippen LogP contribution in [0.3, 0.4) is 0 Å². The van der Waals surface area contributed by atoms with Crippen molar-refractivity contribution in [2.45, 2.75) is 18.9 Å². The van der Waals surface area contributed by atoms with E-state index < -0.39 is 27.8 Å². The molecule has 2 amide bonds. The molecule has 3 N–H and O–H groups in total. The molecule has 0 aromatic heterocycles. The fourth-order valence-electron chi connectivity index (χ4n) is 2.06. The van der Waals surface area contributed by atoms with Crippen LogP contribution in [0, 0.1) is 0 Å². The number of carbonyl (C=O) groups is 3. The predicted octanol–water partition coefficient (Wildman–Crippen LogP) is -1.30. The molecule has 10 heteroatoms. The van der Waals surface area contributed by atoms with E-state index in [1.165, 1.54) is 16.7 Å². The monoisotopic (exact) mass is 338 g/mol. The third-order valence-electron chi connectivity index (χ3n) is 2.97. The Kier molecular flexibility index (Phi) is 6.46. The van der Waals surface area contributed by atoms with Gasteiger partial charge in [0.05, 0.1) is 29.7 Å². The van der Waals surface area contributed by atoms with E-state index in [4.69, 9.17) is 10.8 Å².